The molecule has 1 fully saturated rings. The first-order valence-electron chi connectivity index (χ1n) is 5.77. The Morgan fingerprint density at radius 1 is 1.15 bits per heavy atom. The second-order valence-corrected chi connectivity index (χ2v) is 5.48. The summed E-state index contributed by atoms with van der Waals surface area (Å²) in [4.78, 5) is 1.65. The molecule has 0 aliphatic carbocycles. The maximum absolute atomic E-state index is 13.8. The first-order valence-corrected chi connectivity index (χ1v) is 6.85. The van der Waals surface area contributed by atoms with Gasteiger partial charge in [-0.3, -0.25) is 4.90 Å². The molecular weight excluding hydrogens is 427 g/mol. The van der Waals surface area contributed by atoms with E-state index in [2.05, 4.69) is 5.32 Å². The number of halogens is 6. The van der Waals surface area contributed by atoms with Crippen LogP contribution in [0.2, 0.25) is 0 Å². The van der Waals surface area contributed by atoms with Crippen LogP contribution >= 0.6 is 47.4 Å². The lowest BCUT2D eigenvalue weighted by Gasteiger charge is -2.34. The maximum Gasteiger partial charge on any atom is 0.258 e. The lowest BCUT2D eigenvalue weighted by molar-refractivity contribution is 0.0164. The molecule has 0 radical (unpaired) electrons. The number of nitrogens with zero attached hydrogens (tertiary/aromatic N) is 1. The van der Waals surface area contributed by atoms with Gasteiger partial charge in [0.25, 0.3) is 6.43 Å². The molecule has 116 valence electrons. The molecular formula is C12H16Cl2F3IN2. The second kappa shape index (κ2) is 9.30. The van der Waals surface area contributed by atoms with Crippen molar-refractivity contribution in [2.75, 3.05) is 26.2 Å². The highest BCUT2D eigenvalue weighted by molar-refractivity contribution is 14.1. The number of piperazine rings is 1. The third-order valence-corrected chi connectivity index (χ3v) is 3.73. The molecule has 0 spiro atoms. The van der Waals surface area contributed by atoms with Gasteiger partial charge in [0.2, 0.25) is 0 Å². The van der Waals surface area contributed by atoms with E-state index in [9.17, 15) is 13.2 Å². The Morgan fingerprint density at radius 2 is 1.75 bits per heavy atom. The highest BCUT2D eigenvalue weighted by Crippen LogP contribution is 2.30. The topological polar surface area (TPSA) is 15.3 Å². The molecule has 0 amide bonds. The third kappa shape index (κ3) is 4.91. The van der Waals surface area contributed by atoms with Crippen molar-refractivity contribution in [1.29, 1.82) is 0 Å². The summed E-state index contributed by atoms with van der Waals surface area (Å²) in [6.45, 7) is 2.35. The van der Waals surface area contributed by atoms with Crippen LogP contribution in [0.5, 0.6) is 0 Å². The number of rotatable bonds is 3. The Labute approximate surface area is 142 Å². The Balaban J connectivity index is 0.00000180. The van der Waals surface area contributed by atoms with Crippen molar-refractivity contribution in [3.05, 3.63) is 33.1 Å². The van der Waals surface area contributed by atoms with Gasteiger partial charge in [-0.1, -0.05) is 0 Å². The standard InChI is InChI=1S/C12H14F3IN2.2ClH/c13-10-2-1-8(16)7-9(10)11(12(14)15)18-5-3-17-4-6-18;;/h1-2,7,11-12,17H,3-6H2;2*1H/t11-;;/m0../s1. The van der Waals surface area contributed by atoms with Crippen LogP contribution in [0, 0.1) is 9.39 Å². The van der Waals surface area contributed by atoms with Gasteiger partial charge in [-0.15, -0.1) is 24.8 Å². The summed E-state index contributed by atoms with van der Waals surface area (Å²) in [5.74, 6) is -0.556. The molecule has 2 rings (SSSR count). The summed E-state index contributed by atoms with van der Waals surface area (Å²) in [5, 5.41) is 3.10. The molecule has 20 heavy (non-hydrogen) atoms. The number of alkyl halides is 2. The fourth-order valence-electron chi connectivity index (χ4n) is 2.19. The lowest BCUT2D eigenvalue weighted by Crippen LogP contribution is -2.47. The van der Waals surface area contributed by atoms with Crippen LogP contribution < -0.4 is 5.32 Å². The van der Waals surface area contributed by atoms with Crippen molar-refractivity contribution in [2.24, 2.45) is 0 Å². The normalized spacial score (nSPS) is 17.2. The Bertz CT molecular complexity index is 418. The lowest BCUT2D eigenvalue weighted by atomic mass is 10.0. The minimum Gasteiger partial charge on any atom is -0.314 e. The van der Waals surface area contributed by atoms with Crippen molar-refractivity contribution in [3.8, 4) is 0 Å². The van der Waals surface area contributed by atoms with Crippen LogP contribution in [0.25, 0.3) is 0 Å². The summed E-state index contributed by atoms with van der Waals surface area (Å²) >= 11 is 2.01. The fourth-order valence-corrected chi connectivity index (χ4v) is 2.71. The van der Waals surface area contributed by atoms with Gasteiger partial charge in [0.05, 0.1) is 6.04 Å². The quantitative estimate of drug-likeness (QED) is 0.721. The molecule has 0 unspecified atom stereocenters. The molecule has 1 heterocycles. The fraction of sp³-hybridized carbons (Fsp3) is 0.500. The van der Waals surface area contributed by atoms with E-state index in [0.29, 0.717) is 26.2 Å². The van der Waals surface area contributed by atoms with Crippen LogP contribution in [0.15, 0.2) is 18.2 Å². The highest BCUT2D eigenvalue weighted by atomic mass is 127. The predicted octanol–water partition coefficient (Wildman–Crippen LogP) is 3.49. The van der Waals surface area contributed by atoms with Crippen LogP contribution in [-0.4, -0.2) is 37.5 Å². The van der Waals surface area contributed by atoms with Gasteiger partial charge in [0.15, 0.2) is 0 Å². The van der Waals surface area contributed by atoms with E-state index in [1.165, 1.54) is 12.1 Å². The summed E-state index contributed by atoms with van der Waals surface area (Å²) < 4.78 is 41.0. The van der Waals surface area contributed by atoms with E-state index in [1.54, 1.807) is 11.0 Å². The van der Waals surface area contributed by atoms with E-state index in [0.717, 1.165) is 3.57 Å². The Hall–Kier alpha value is 0.240. The van der Waals surface area contributed by atoms with Crippen LogP contribution in [0.3, 0.4) is 0 Å². The third-order valence-electron chi connectivity index (χ3n) is 3.06. The largest absolute Gasteiger partial charge is 0.314 e. The van der Waals surface area contributed by atoms with Gasteiger partial charge < -0.3 is 5.32 Å². The van der Waals surface area contributed by atoms with Crippen LogP contribution in [0.4, 0.5) is 13.2 Å². The van der Waals surface area contributed by atoms with E-state index in [1.807, 2.05) is 22.6 Å². The summed E-state index contributed by atoms with van der Waals surface area (Å²) in [7, 11) is 0. The molecule has 1 aromatic carbocycles. The molecule has 0 aromatic heterocycles. The van der Waals surface area contributed by atoms with Crippen molar-refractivity contribution < 1.29 is 13.2 Å². The minimum atomic E-state index is -2.59. The number of hydrogen-bond acceptors (Lipinski definition) is 2. The second-order valence-electron chi connectivity index (χ2n) is 4.23. The summed E-state index contributed by atoms with van der Waals surface area (Å²) in [6.07, 6.45) is -2.59. The molecule has 1 saturated heterocycles. The number of benzene rings is 1. The molecule has 1 atom stereocenters. The molecule has 2 nitrogen and oxygen atoms in total. The highest BCUT2D eigenvalue weighted by Gasteiger charge is 2.32. The van der Waals surface area contributed by atoms with Crippen LogP contribution in [-0.2, 0) is 0 Å². The monoisotopic (exact) mass is 442 g/mol. The van der Waals surface area contributed by atoms with Crippen molar-refractivity contribution >= 4 is 47.4 Å². The van der Waals surface area contributed by atoms with Gasteiger partial charge in [-0.2, -0.15) is 0 Å². The Morgan fingerprint density at radius 3 is 2.30 bits per heavy atom. The maximum atomic E-state index is 13.8. The number of hydrogen-bond donors (Lipinski definition) is 1. The zero-order valence-corrected chi connectivity index (χ0v) is 14.3. The van der Waals surface area contributed by atoms with Crippen molar-refractivity contribution in [1.82, 2.24) is 10.2 Å². The van der Waals surface area contributed by atoms with Gasteiger partial charge in [0, 0.05) is 35.3 Å². The van der Waals surface area contributed by atoms with E-state index >= 15 is 0 Å². The predicted molar refractivity (Wildman–Crippen MR) is 86.8 cm³/mol. The van der Waals surface area contributed by atoms with E-state index < -0.39 is 18.3 Å². The molecule has 1 aliphatic heterocycles. The van der Waals surface area contributed by atoms with Gasteiger partial charge in [0.1, 0.15) is 5.82 Å². The van der Waals surface area contributed by atoms with Gasteiger partial charge in [-0.05, 0) is 40.8 Å². The zero-order valence-electron chi connectivity index (χ0n) is 10.5. The average molecular weight is 443 g/mol. The molecule has 8 heteroatoms. The van der Waals surface area contributed by atoms with E-state index in [-0.39, 0.29) is 30.4 Å². The minimum absolute atomic E-state index is 0. The molecule has 0 saturated carbocycles. The van der Waals surface area contributed by atoms with E-state index in [4.69, 9.17) is 0 Å². The summed E-state index contributed by atoms with van der Waals surface area (Å²) in [5.41, 5.74) is 0.0961. The van der Waals surface area contributed by atoms with Crippen LogP contribution in [0.1, 0.15) is 11.6 Å². The number of nitrogens with one attached hydrogen (secondary N) is 1. The van der Waals surface area contributed by atoms with Crippen molar-refractivity contribution in [3.63, 3.8) is 0 Å². The molecule has 1 aromatic rings. The van der Waals surface area contributed by atoms with Gasteiger partial charge >= 0.3 is 0 Å². The average Bonchev–Trinajstić information content (AvgIpc) is 2.35. The first kappa shape index (κ1) is 20.2. The molecule has 0 bridgehead atoms. The molecule has 1 aliphatic rings. The Kier molecular flexibility index (Phi) is 9.41. The van der Waals surface area contributed by atoms with Gasteiger partial charge in [-0.25, -0.2) is 13.2 Å². The summed E-state index contributed by atoms with van der Waals surface area (Å²) in [6, 6.07) is 3.20. The first-order chi connectivity index (χ1) is 8.59. The zero-order chi connectivity index (χ0) is 13.1. The SMILES string of the molecule is Cl.Cl.Fc1ccc(I)cc1[C@@H](C(F)F)N1CCNCC1. The smallest absolute Gasteiger partial charge is 0.258 e. The van der Waals surface area contributed by atoms with Crippen molar-refractivity contribution in [2.45, 2.75) is 12.5 Å². The molecule has 1 N–H and O–H groups in total.